The van der Waals surface area contributed by atoms with Gasteiger partial charge in [0.1, 0.15) is 0 Å². The molecule has 0 aliphatic heterocycles. The molecule has 1 aromatic carbocycles. The van der Waals surface area contributed by atoms with Gasteiger partial charge in [-0.05, 0) is 55.6 Å². The maximum absolute atomic E-state index is 13.2. The van der Waals surface area contributed by atoms with Crippen LogP contribution in [0.2, 0.25) is 0 Å². The van der Waals surface area contributed by atoms with Gasteiger partial charge < -0.3 is 9.64 Å². The van der Waals surface area contributed by atoms with E-state index in [1.54, 1.807) is 0 Å². The maximum atomic E-state index is 13.2. The highest BCUT2D eigenvalue weighted by Gasteiger charge is 2.11. The molecule has 20 heavy (non-hydrogen) atoms. The molecule has 0 unspecified atom stereocenters. The van der Waals surface area contributed by atoms with Crippen LogP contribution in [0, 0.1) is 5.82 Å². The molecule has 0 bridgehead atoms. The molecular formula is C15H25BrFNO2. The first-order valence-electron chi connectivity index (χ1n) is 6.52. The van der Waals surface area contributed by atoms with Crippen LogP contribution in [0.5, 0.6) is 5.75 Å². The fourth-order valence-corrected chi connectivity index (χ4v) is 1.56. The number of carbonyl (C=O) groups excluding carboxylic acids is 1. The maximum Gasteiger partial charge on any atom is 0.168 e. The van der Waals surface area contributed by atoms with Gasteiger partial charge in [-0.25, -0.2) is 4.39 Å². The van der Waals surface area contributed by atoms with Crippen LogP contribution in [0.4, 0.5) is 4.39 Å². The molecule has 0 heterocycles. The Hall–Kier alpha value is -0.940. The molecule has 0 spiro atoms. The van der Waals surface area contributed by atoms with E-state index >= 15 is 0 Å². The molecule has 0 amide bonds. The lowest BCUT2D eigenvalue weighted by Crippen LogP contribution is -2.08. The molecule has 0 saturated carbocycles. The van der Waals surface area contributed by atoms with Crippen molar-refractivity contribution >= 4 is 21.7 Å². The molecule has 0 atom stereocenters. The van der Waals surface area contributed by atoms with Gasteiger partial charge in [0.25, 0.3) is 0 Å². The molecule has 1 aromatic rings. The number of benzene rings is 1. The molecule has 0 fully saturated rings. The van der Waals surface area contributed by atoms with Crippen LogP contribution in [0.3, 0.4) is 0 Å². The summed E-state index contributed by atoms with van der Waals surface area (Å²) in [6, 6.07) is 2.69. The molecule has 0 aliphatic rings. The molecule has 0 N–H and O–H groups in total. The van der Waals surface area contributed by atoms with Crippen molar-refractivity contribution in [3.05, 3.63) is 28.0 Å². The third-order valence-electron chi connectivity index (χ3n) is 2.24. The summed E-state index contributed by atoms with van der Waals surface area (Å²) >= 11 is 3.11. The zero-order valence-electron chi connectivity index (χ0n) is 13.4. The standard InChI is InChI=1S/C9H8BrFO2.C4H11N.C2H6/c1-5(12)6-3-7(10)9(13-2)8(11)4-6;1-4-5(2)3;1-2/h3-4H,1-2H3;4H2,1-3H3;1-2H3. The zero-order chi connectivity index (χ0) is 16.3. The Morgan fingerprint density at radius 3 is 2.05 bits per heavy atom. The lowest BCUT2D eigenvalue weighted by Gasteiger charge is -2.05. The summed E-state index contributed by atoms with van der Waals surface area (Å²) < 4.78 is 18.4. The van der Waals surface area contributed by atoms with Crippen molar-refractivity contribution in [2.24, 2.45) is 0 Å². The molecular weight excluding hydrogens is 325 g/mol. The molecule has 0 aromatic heterocycles. The summed E-state index contributed by atoms with van der Waals surface area (Å²) in [5.74, 6) is -0.602. The first-order chi connectivity index (χ1) is 9.33. The minimum Gasteiger partial charge on any atom is -0.492 e. The summed E-state index contributed by atoms with van der Waals surface area (Å²) in [5.41, 5.74) is 0.324. The third kappa shape index (κ3) is 8.27. The second-order valence-corrected chi connectivity index (χ2v) is 4.78. The molecule has 0 saturated heterocycles. The van der Waals surface area contributed by atoms with Crippen LogP contribution in [-0.2, 0) is 0 Å². The van der Waals surface area contributed by atoms with E-state index in [-0.39, 0.29) is 11.5 Å². The van der Waals surface area contributed by atoms with Gasteiger partial charge in [0.2, 0.25) is 0 Å². The van der Waals surface area contributed by atoms with E-state index < -0.39 is 5.82 Å². The first kappa shape index (κ1) is 21.4. The van der Waals surface area contributed by atoms with Crippen molar-refractivity contribution in [2.75, 3.05) is 27.7 Å². The van der Waals surface area contributed by atoms with Gasteiger partial charge in [0, 0.05) is 5.56 Å². The number of ether oxygens (including phenoxy) is 1. The van der Waals surface area contributed by atoms with Crippen molar-refractivity contribution < 1.29 is 13.9 Å². The van der Waals surface area contributed by atoms with Crippen molar-refractivity contribution in [3.63, 3.8) is 0 Å². The Morgan fingerprint density at radius 2 is 1.80 bits per heavy atom. The van der Waals surface area contributed by atoms with Crippen molar-refractivity contribution in [1.29, 1.82) is 0 Å². The van der Waals surface area contributed by atoms with Crippen molar-refractivity contribution in [1.82, 2.24) is 4.90 Å². The Labute approximate surface area is 130 Å². The van der Waals surface area contributed by atoms with E-state index in [4.69, 9.17) is 4.74 Å². The summed E-state index contributed by atoms with van der Waals surface area (Å²) in [7, 11) is 5.48. The first-order valence-corrected chi connectivity index (χ1v) is 7.31. The van der Waals surface area contributed by atoms with Gasteiger partial charge in [-0.1, -0.05) is 20.8 Å². The highest BCUT2D eigenvalue weighted by Crippen LogP contribution is 2.29. The SMILES string of the molecule is CC.CCN(C)C.COc1c(F)cc(C(C)=O)cc1Br. The van der Waals surface area contributed by atoms with E-state index in [2.05, 4.69) is 41.8 Å². The summed E-state index contributed by atoms with van der Waals surface area (Å²) in [4.78, 5) is 13.0. The summed E-state index contributed by atoms with van der Waals surface area (Å²) in [5, 5.41) is 0. The molecule has 5 heteroatoms. The van der Waals surface area contributed by atoms with E-state index in [1.165, 1.54) is 20.1 Å². The lowest BCUT2D eigenvalue weighted by molar-refractivity contribution is 0.101. The smallest absolute Gasteiger partial charge is 0.168 e. The van der Waals surface area contributed by atoms with Crippen LogP contribution < -0.4 is 4.74 Å². The second-order valence-electron chi connectivity index (χ2n) is 3.93. The molecule has 0 radical (unpaired) electrons. The predicted molar refractivity (Wildman–Crippen MR) is 86.2 cm³/mol. The van der Waals surface area contributed by atoms with Crippen LogP contribution >= 0.6 is 15.9 Å². The van der Waals surface area contributed by atoms with Gasteiger partial charge in [0.05, 0.1) is 11.6 Å². The van der Waals surface area contributed by atoms with Gasteiger partial charge in [-0.3, -0.25) is 4.79 Å². The number of ketones is 1. The van der Waals surface area contributed by atoms with Gasteiger partial charge in [-0.15, -0.1) is 0 Å². The quantitative estimate of drug-likeness (QED) is 0.757. The molecule has 0 aliphatic carbocycles. The Morgan fingerprint density at radius 1 is 1.35 bits per heavy atom. The zero-order valence-corrected chi connectivity index (χ0v) is 15.0. The highest BCUT2D eigenvalue weighted by molar-refractivity contribution is 9.10. The van der Waals surface area contributed by atoms with E-state index in [9.17, 15) is 9.18 Å². The Bertz CT molecular complexity index is 386. The van der Waals surface area contributed by atoms with E-state index in [1.807, 2.05) is 13.8 Å². The topological polar surface area (TPSA) is 29.5 Å². The van der Waals surface area contributed by atoms with E-state index in [0.29, 0.717) is 10.0 Å². The average molecular weight is 350 g/mol. The van der Waals surface area contributed by atoms with Crippen LogP contribution in [0.1, 0.15) is 38.1 Å². The van der Waals surface area contributed by atoms with Crippen LogP contribution in [-0.4, -0.2) is 38.4 Å². The lowest BCUT2D eigenvalue weighted by atomic mass is 10.1. The second kappa shape index (κ2) is 11.9. The van der Waals surface area contributed by atoms with Gasteiger partial charge in [0.15, 0.2) is 17.3 Å². The van der Waals surface area contributed by atoms with Crippen LogP contribution in [0.15, 0.2) is 16.6 Å². The van der Waals surface area contributed by atoms with Gasteiger partial charge >= 0.3 is 0 Å². The third-order valence-corrected chi connectivity index (χ3v) is 2.83. The number of rotatable bonds is 3. The number of hydrogen-bond acceptors (Lipinski definition) is 3. The minimum atomic E-state index is -0.540. The van der Waals surface area contributed by atoms with Crippen LogP contribution in [0.25, 0.3) is 0 Å². The summed E-state index contributed by atoms with van der Waals surface area (Å²) in [6.07, 6.45) is 0. The van der Waals surface area contributed by atoms with Crippen molar-refractivity contribution in [3.8, 4) is 5.75 Å². The average Bonchev–Trinajstić information content (AvgIpc) is 2.41. The number of nitrogens with zero attached hydrogens (tertiary/aromatic N) is 1. The Kier molecular flexibility index (Phi) is 12.7. The fourth-order valence-electron chi connectivity index (χ4n) is 0.958. The summed E-state index contributed by atoms with van der Waals surface area (Å²) in [6.45, 7) is 8.65. The number of methoxy groups -OCH3 is 1. The normalized spacial score (nSPS) is 9.10. The number of Topliss-reactive ketones (excluding diaryl/α,β-unsaturated/α-hetero) is 1. The van der Waals surface area contributed by atoms with Gasteiger partial charge in [-0.2, -0.15) is 0 Å². The molecule has 116 valence electrons. The monoisotopic (exact) mass is 349 g/mol. The molecule has 3 nitrogen and oxygen atoms in total. The Balaban J connectivity index is 0. The predicted octanol–water partition coefficient (Wildman–Crippen LogP) is 4.39. The van der Waals surface area contributed by atoms with Crippen molar-refractivity contribution in [2.45, 2.75) is 27.7 Å². The number of carbonyl (C=O) groups is 1. The minimum absolute atomic E-state index is 0.116. The molecule has 1 rings (SSSR count). The van der Waals surface area contributed by atoms with E-state index in [0.717, 1.165) is 12.6 Å². The highest BCUT2D eigenvalue weighted by atomic mass is 79.9. The fraction of sp³-hybridized carbons (Fsp3) is 0.533. The number of hydrogen-bond donors (Lipinski definition) is 0. The number of halogens is 2. The largest absolute Gasteiger partial charge is 0.492 e.